The molecule has 0 saturated carbocycles. The molecule has 0 N–H and O–H groups in total. The molecule has 0 radical (unpaired) electrons. The highest BCUT2D eigenvalue weighted by Crippen LogP contribution is 2.23. The zero-order valence-electron chi connectivity index (χ0n) is 11.5. The van der Waals surface area contributed by atoms with Crippen LogP contribution in [0, 0.1) is 0 Å². The van der Waals surface area contributed by atoms with E-state index in [0.717, 1.165) is 10.9 Å². The van der Waals surface area contributed by atoms with Crippen molar-refractivity contribution in [3.63, 3.8) is 0 Å². The van der Waals surface area contributed by atoms with E-state index < -0.39 is 5.97 Å². The van der Waals surface area contributed by atoms with Gasteiger partial charge in [-0.1, -0.05) is 18.5 Å². The molecule has 0 fully saturated rings. The van der Waals surface area contributed by atoms with Gasteiger partial charge in [-0.15, -0.1) is 0 Å². The van der Waals surface area contributed by atoms with E-state index in [1.54, 1.807) is 25.1 Å². The fourth-order valence-corrected chi connectivity index (χ4v) is 2.12. The second kappa shape index (κ2) is 8.27. The highest BCUT2D eigenvalue weighted by atomic mass is 79.9. The van der Waals surface area contributed by atoms with Gasteiger partial charge in [0.15, 0.2) is 0 Å². The number of hydrogen-bond donors (Lipinski definition) is 0. The van der Waals surface area contributed by atoms with Gasteiger partial charge in [0.05, 0.1) is 11.6 Å². The first kappa shape index (κ1) is 17.0. The Morgan fingerprint density at radius 3 is 2.60 bits per heavy atom. The van der Waals surface area contributed by atoms with Gasteiger partial charge in [-0.05, 0) is 47.5 Å². The minimum absolute atomic E-state index is 0.0474. The maximum absolute atomic E-state index is 12.4. The standard InChI is InChI=1S/C14H17BrClNO3/c1-3-7-17(9-13(18)20-4-2)14(19)10-5-6-11(15)12(16)8-10/h5-6,8H,3-4,7,9H2,1-2H3. The number of carbonyl (C=O) groups is 2. The Balaban J connectivity index is 2.87. The topological polar surface area (TPSA) is 46.6 Å². The summed E-state index contributed by atoms with van der Waals surface area (Å²) in [6.07, 6.45) is 0.759. The number of ether oxygens (including phenoxy) is 1. The van der Waals surface area contributed by atoms with Crippen molar-refractivity contribution in [1.82, 2.24) is 4.90 Å². The monoisotopic (exact) mass is 361 g/mol. The van der Waals surface area contributed by atoms with Crippen molar-refractivity contribution >= 4 is 39.4 Å². The van der Waals surface area contributed by atoms with Crippen LogP contribution < -0.4 is 0 Å². The Kier molecular flexibility index (Phi) is 7.02. The minimum Gasteiger partial charge on any atom is -0.465 e. The van der Waals surface area contributed by atoms with Crippen LogP contribution in [-0.4, -0.2) is 36.5 Å². The Morgan fingerprint density at radius 1 is 1.35 bits per heavy atom. The van der Waals surface area contributed by atoms with Crippen molar-refractivity contribution in [1.29, 1.82) is 0 Å². The van der Waals surface area contributed by atoms with E-state index >= 15 is 0 Å². The van der Waals surface area contributed by atoms with E-state index in [4.69, 9.17) is 16.3 Å². The van der Waals surface area contributed by atoms with E-state index in [-0.39, 0.29) is 12.5 Å². The van der Waals surface area contributed by atoms with Gasteiger partial charge in [0.1, 0.15) is 6.54 Å². The second-order valence-corrected chi connectivity index (χ2v) is 5.42. The summed E-state index contributed by atoms with van der Waals surface area (Å²) in [4.78, 5) is 25.4. The molecular formula is C14H17BrClNO3. The van der Waals surface area contributed by atoms with Crippen molar-refractivity contribution in [2.45, 2.75) is 20.3 Å². The number of carbonyl (C=O) groups excluding carboxylic acids is 2. The lowest BCUT2D eigenvalue weighted by Crippen LogP contribution is -2.37. The smallest absolute Gasteiger partial charge is 0.325 e. The molecule has 1 aromatic carbocycles. The molecule has 0 unspecified atom stereocenters. The molecule has 4 nitrogen and oxygen atoms in total. The van der Waals surface area contributed by atoms with Gasteiger partial charge in [0.25, 0.3) is 5.91 Å². The summed E-state index contributed by atoms with van der Waals surface area (Å²) in [6.45, 7) is 4.43. The van der Waals surface area contributed by atoms with Crippen molar-refractivity contribution in [3.05, 3.63) is 33.3 Å². The third-order valence-electron chi connectivity index (χ3n) is 2.57. The fraction of sp³-hybridized carbons (Fsp3) is 0.429. The molecule has 0 aliphatic rings. The average molecular weight is 363 g/mol. The summed E-state index contributed by atoms with van der Waals surface area (Å²) >= 11 is 9.26. The molecule has 0 aromatic heterocycles. The Hall–Kier alpha value is -1.07. The average Bonchev–Trinajstić information content (AvgIpc) is 2.41. The number of benzene rings is 1. The minimum atomic E-state index is -0.405. The maximum Gasteiger partial charge on any atom is 0.325 e. The fourth-order valence-electron chi connectivity index (χ4n) is 1.70. The number of nitrogens with zero attached hydrogens (tertiary/aromatic N) is 1. The van der Waals surface area contributed by atoms with Gasteiger partial charge in [-0.3, -0.25) is 9.59 Å². The van der Waals surface area contributed by atoms with E-state index in [1.165, 1.54) is 4.90 Å². The lowest BCUT2D eigenvalue weighted by atomic mass is 10.2. The van der Waals surface area contributed by atoms with E-state index in [2.05, 4.69) is 15.9 Å². The van der Waals surface area contributed by atoms with Gasteiger partial charge >= 0.3 is 5.97 Å². The van der Waals surface area contributed by atoms with Crippen LogP contribution in [0.5, 0.6) is 0 Å². The van der Waals surface area contributed by atoms with Crippen LogP contribution in [0.2, 0.25) is 5.02 Å². The van der Waals surface area contributed by atoms with Crippen LogP contribution in [0.3, 0.4) is 0 Å². The van der Waals surface area contributed by atoms with Gasteiger partial charge in [-0.2, -0.15) is 0 Å². The molecule has 1 aromatic rings. The largest absolute Gasteiger partial charge is 0.465 e. The number of amides is 1. The Bertz CT molecular complexity index is 493. The van der Waals surface area contributed by atoms with Crippen LogP contribution in [0.1, 0.15) is 30.6 Å². The molecule has 0 bridgehead atoms. The van der Waals surface area contributed by atoms with Crippen molar-refractivity contribution in [2.24, 2.45) is 0 Å². The first-order chi connectivity index (χ1) is 9.49. The Morgan fingerprint density at radius 2 is 2.05 bits per heavy atom. The van der Waals surface area contributed by atoms with E-state index in [0.29, 0.717) is 23.7 Å². The second-order valence-electron chi connectivity index (χ2n) is 4.16. The lowest BCUT2D eigenvalue weighted by molar-refractivity contribution is -0.143. The molecule has 0 atom stereocenters. The highest BCUT2D eigenvalue weighted by Gasteiger charge is 2.19. The Labute approximate surface area is 132 Å². The predicted molar refractivity (Wildman–Crippen MR) is 82.0 cm³/mol. The van der Waals surface area contributed by atoms with Gasteiger partial charge < -0.3 is 9.64 Å². The molecule has 6 heteroatoms. The third kappa shape index (κ3) is 4.80. The molecular weight excluding hydrogens is 346 g/mol. The van der Waals surface area contributed by atoms with Crippen molar-refractivity contribution in [2.75, 3.05) is 19.7 Å². The molecule has 0 aliphatic carbocycles. The number of rotatable bonds is 6. The molecule has 1 rings (SSSR count). The molecule has 0 heterocycles. The lowest BCUT2D eigenvalue weighted by Gasteiger charge is -2.21. The van der Waals surface area contributed by atoms with Gasteiger partial charge in [0, 0.05) is 16.6 Å². The summed E-state index contributed by atoms with van der Waals surface area (Å²) in [7, 11) is 0. The number of hydrogen-bond acceptors (Lipinski definition) is 3. The van der Waals surface area contributed by atoms with Crippen LogP contribution in [0.25, 0.3) is 0 Å². The SMILES string of the molecule is CCCN(CC(=O)OCC)C(=O)c1ccc(Br)c(Cl)c1. The molecule has 0 spiro atoms. The van der Waals surface area contributed by atoms with Crippen LogP contribution in [-0.2, 0) is 9.53 Å². The van der Waals surface area contributed by atoms with Crippen LogP contribution >= 0.6 is 27.5 Å². The molecule has 1 amide bonds. The first-order valence-corrected chi connectivity index (χ1v) is 7.56. The van der Waals surface area contributed by atoms with E-state index in [9.17, 15) is 9.59 Å². The molecule has 110 valence electrons. The zero-order chi connectivity index (χ0) is 15.1. The summed E-state index contributed by atoms with van der Waals surface area (Å²) in [6, 6.07) is 4.97. The normalized spacial score (nSPS) is 10.2. The third-order valence-corrected chi connectivity index (χ3v) is 3.81. The summed E-state index contributed by atoms with van der Waals surface area (Å²) in [5, 5.41) is 0.462. The summed E-state index contributed by atoms with van der Waals surface area (Å²) in [5.41, 5.74) is 0.455. The zero-order valence-corrected chi connectivity index (χ0v) is 13.8. The number of halogens is 2. The summed E-state index contributed by atoms with van der Waals surface area (Å²) < 4.78 is 5.61. The molecule has 0 saturated heterocycles. The van der Waals surface area contributed by atoms with Crippen LogP contribution in [0.4, 0.5) is 0 Å². The van der Waals surface area contributed by atoms with Crippen molar-refractivity contribution in [3.8, 4) is 0 Å². The quantitative estimate of drug-likeness (QED) is 0.727. The maximum atomic E-state index is 12.4. The van der Waals surface area contributed by atoms with Crippen molar-refractivity contribution < 1.29 is 14.3 Å². The van der Waals surface area contributed by atoms with Gasteiger partial charge in [-0.25, -0.2) is 0 Å². The predicted octanol–water partition coefficient (Wildman–Crippen LogP) is 3.52. The summed E-state index contributed by atoms with van der Waals surface area (Å²) in [5.74, 6) is -0.633. The van der Waals surface area contributed by atoms with Crippen LogP contribution in [0.15, 0.2) is 22.7 Å². The van der Waals surface area contributed by atoms with Gasteiger partial charge in [0.2, 0.25) is 0 Å². The first-order valence-electron chi connectivity index (χ1n) is 6.39. The highest BCUT2D eigenvalue weighted by molar-refractivity contribution is 9.10. The number of esters is 1. The molecule has 20 heavy (non-hydrogen) atoms. The van der Waals surface area contributed by atoms with E-state index in [1.807, 2.05) is 6.92 Å². The molecule has 0 aliphatic heterocycles.